The Morgan fingerprint density at radius 2 is 1.53 bits per heavy atom. The van der Waals surface area contributed by atoms with Gasteiger partial charge in [0, 0.05) is 34.6 Å². The molecular formula is C36H35Cl2N3O2. The van der Waals surface area contributed by atoms with Crippen molar-refractivity contribution in [2.75, 3.05) is 5.32 Å². The molecule has 2 N–H and O–H groups in total. The van der Waals surface area contributed by atoms with Crippen LogP contribution in [0.15, 0.2) is 97.2 Å². The van der Waals surface area contributed by atoms with E-state index in [-0.39, 0.29) is 5.41 Å². The lowest BCUT2D eigenvalue weighted by atomic mass is 9.86. The second kappa shape index (κ2) is 12.7. The molecule has 0 aliphatic carbocycles. The van der Waals surface area contributed by atoms with Crippen molar-refractivity contribution in [3.8, 4) is 28.1 Å². The second-order valence-electron chi connectivity index (χ2n) is 11.7. The first-order valence-electron chi connectivity index (χ1n) is 14.3. The number of hydrogen-bond donors (Lipinski definition) is 2. The van der Waals surface area contributed by atoms with E-state index in [2.05, 4.69) is 79.2 Å². The molecule has 43 heavy (non-hydrogen) atoms. The summed E-state index contributed by atoms with van der Waals surface area (Å²) in [6.07, 6.45) is 3.06. The molecule has 0 fully saturated rings. The van der Waals surface area contributed by atoms with Crippen LogP contribution >= 0.6 is 23.2 Å². The molecule has 7 heteroatoms. The summed E-state index contributed by atoms with van der Waals surface area (Å²) in [5, 5.41) is 13.6. The summed E-state index contributed by atoms with van der Waals surface area (Å²) in [5.41, 5.74) is 8.09. The van der Waals surface area contributed by atoms with Crippen molar-refractivity contribution in [3.05, 3.63) is 124 Å². The third-order valence-electron chi connectivity index (χ3n) is 7.58. The van der Waals surface area contributed by atoms with Gasteiger partial charge in [-0.1, -0.05) is 99.4 Å². The van der Waals surface area contributed by atoms with Gasteiger partial charge < -0.3 is 15.0 Å². The van der Waals surface area contributed by atoms with Gasteiger partial charge in [0.25, 0.3) is 0 Å². The van der Waals surface area contributed by atoms with E-state index >= 15 is 0 Å². The number of rotatable bonds is 9. The highest BCUT2D eigenvalue weighted by Crippen LogP contribution is 2.32. The summed E-state index contributed by atoms with van der Waals surface area (Å²) in [6.45, 7) is 8.51. The number of aromatic nitrogens is 2. The highest BCUT2D eigenvalue weighted by molar-refractivity contribution is 6.36. The average Bonchev–Trinajstić information content (AvgIpc) is 3.39. The van der Waals surface area contributed by atoms with Gasteiger partial charge in [-0.3, -0.25) is 0 Å². The van der Waals surface area contributed by atoms with E-state index in [1.165, 1.54) is 11.1 Å². The second-order valence-corrected chi connectivity index (χ2v) is 12.6. The van der Waals surface area contributed by atoms with Crippen LogP contribution in [0, 0.1) is 0 Å². The van der Waals surface area contributed by atoms with Crippen LogP contribution in [0.2, 0.25) is 10.0 Å². The number of benzene rings is 4. The van der Waals surface area contributed by atoms with Gasteiger partial charge in [0.2, 0.25) is 0 Å². The van der Waals surface area contributed by atoms with Crippen molar-refractivity contribution in [3.63, 3.8) is 0 Å². The van der Waals surface area contributed by atoms with Gasteiger partial charge in [-0.2, -0.15) is 0 Å². The fourth-order valence-corrected chi connectivity index (χ4v) is 5.52. The predicted molar refractivity (Wildman–Crippen MR) is 178 cm³/mol. The lowest BCUT2D eigenvalue weighted by Crippen LogP contribution is -2.28. The fraction of sp³-hybridized carbons (Fsp3) is 0.222. The van der Waals surface area contributed by atoms with E-state index in [1.54, 1.807) is 12.1 Å². The standard InChI is InChI=1S/C36H35Cl2N3O2/c1-5-32(35(42)43)39-28-15-17-29(18-16-28)41-22-33(30-19-14-27(37)21-31(30)38)40-34(41)20-23-6-8-24(9-7-23)25-10-12-26(13-11-25)36(2,3)4/h6-19,21-22,32,39H,5,20H2,1-4H3,(H,42,43)/t32-/m0/s1. The van der Waals surface area contributed by atoms with Crippen LogP contribution in [-0.4, -0.2) is 26.7 Å². The number of carboxylic acid groups (broad SMARTS) is 1. The summed E-state index contributed by atoms with van der Waals surface area (Å²) < 4.78 is 2.05. The maximum atomic E-state index is 11.5. The summed E-state index contributed by atoms with van der Waals surface area (Å²) in [7, 11) is 0. The number of halogens is 2. The van der Waals surface area contributed by atoms with Gasteiger partial charge >= 0.3 is 5.97 Å². The molecule has 0 saturated carbocycles. The van der Waals surface area contributed by atoms with Gasteiger partial charge in [0.15, 0.2) is 0 Å². The van der Waals surface area contributed by atoms with Crippen LogP contribution in [0.25, 0.3) is 28.1 Å². The zero-order valence-corrected chi connectivity index (χ0v) is 26.2. The number of imidazole rings is 1. The number of carboxylic acids is 1. The number of nitrogens with one attached hydrogen (secondary N) is 1. The van der Waals surface area contributed by atoms with Gasteiger partial charge in [0.05, 0.1) is 10.7 Å². The molecule has 5 aromatic rings. The molecule has 0 aliphatic heterocycles. The highest BCUT2D eigenvalue weighted by Gasteiger charge is 2.17. The number of aliphatic carboxylic acids is 1. The molecule has 0 unspecified atom stereocenters. The summed E-state index contributed by atoms with van der Waals surface area (Å²) in [6, 6.07) is 29.8. The largest absolute Gasteiger partial charge is 0.480 e. The molecule has 1 aromatic heterocycles. The van der Waals surface area contributed by atoms with Crippen molar-refractivity contribution in [2.45, 2.75) is 52.0 Å². The Labute approximate surface area is 263 Å². The Balaban J connectivity index is 1.45. The Morgan fingerprint density at radius 3 is 2.09 bits per heavy atom. The number of nitrogens with zero attached hydrogens (tertiary/aromatic N) is 2. The highest BCUT2D eigenvalue weighted by atomic mass is 35.5. The maximum Gasteiger partial charge on any atom is 0.326 e. The number of anilines is 1. The Hall–Kier alpha value is -4.06. The quantitative estimate of drug-likeness (QED) is 0.174. The lowest BCUT2D eigenvalue weighted by molar-refractivity contribution is -0.137. The molecule has 5 nitrogen and oxygen atoms in total. The van der Waals surface area contributed by atoms with Crippen LogP contribution in [0.4, 0.5) is 5.69 Å². The molecule has 0 saturated heterocycles. The van der Waals surface area contributed by atoms with E-state index < -0.39 is 12.0 Å². The molecule has 5 rings (SSSR count). The van der Waals surface area contributed by atoms with E-state index in [1.807, 2.05) is 43.5 Å². The monoisotopic (exact) mass is 611 g/mol. The average molecular weight is 613 g/mol. The predicted octanol–water partition coefficient (Wildman–Crippen LogP) is 9.68. The van der Waals surface area contributed by atoms with Crippen molar-refractivity contribution in [2.24, 2.45) is 0 Å². The van der Waals surface area contributed by atoms with Crippen molar-refractivity contribution < 1.29 is 9.90 Å². The molecule has 0 radical (unpaired) electrons. The normalized spacial score (nSPS) is 12.2. The first-order valence-corrected chi connectivity index (χ1v) is 15.1. The molecule has 1 heterocycles. The maximum absolute atomic E-state index is 11.5. The van der Waals surface area contributed by atoms with Crippen molar-refractivity contribution in [1.29, 1.82) is 0 Å². The van der Waals surface area contributed by atoms with E-state index in [9.17, 15) is 9.90 Å². The van der Waals surface area contributed by atoms with E-state index in [0.29, 0.717) is 22.9 Å². The third kappa shape index (κ3) is 7.12. The van der Waals surface area contributed by atoms with Crippen LogP contribution in [0.1, 0.15) is 51.1 Å². The third-order valence-corrected chi connectivity index (χ3v) is 8.13. The Bertz CT molecular complexity index is 1720. The number of hydrogen-bond acceptors (Lipinski definition) is 3. The molecule has 0 spiro atoms. The molecule has 4 aromatic carbocycles. The summed E-state index contributed by atoms with van der Waals surface area (Å²) in [5.74, 6) is -0.0260. The fourth-order valence-electron chi connectivity index (χ4n) is 5.01. The molecular weight excluding hydrogens is 577 g/mol. The Morgan fingerprint density at radius 1 is 0.907 bits per heavy atom. The minimum absolute atomic E-state index is 0.118. The lowest BCUT2D eigenvalue weighted by Gasteiger charge is -2.19. The molecule has 1 atom stereocenters. The zero-order chi connectivity index (χ0) is 30.7. The molecule has 0 amide bonds. The number of carbonyl (C=O) groups is 1. The first kappa shape index (κ1) is 30.4. The Kier molecular flexibility index (Phi) is 8.95. The van der Waals surface area contributed by atoms with E-state index in [0.717, 1.165) is 39.6 Å². The molecule has 220 valence electrons. The van der Waals surface area contributed by atoms with Crippen LogP contribution in [-0.2, 0) is 16.6 Å². The first-order chi connectivity index (χ1) is 20.5. The minimum Gasteiger partial charge on any atom is -0.480 e. The van der Waals surface area contributed by atoms with E-state index in [4.69, 9.17) is 28.2 Å². The molecule has 0 aliphatic rings. The van der Waals surface area contributed by atoms with Crippen LogP contribution in [0.5, 0.6) is 0 Å². The summed E-state index contributed by atoms with van der Waals surface area (Å²) in [4.78, 5) is 16.5. The van der Waals surface area contributed by atoms with Crippen molar-refractivity contribution in [1.82, 2.24) is 9.55 Å². The van der Waals surface area contributed by atoms with Gasteiger partial charge in [-0.05, 0) is 76.6 Å². The van der Waals surface area contributed by atoms with Crippen LogP contribution in [0.3, 0.4) is 0 Å². The molecule has 0 bridgehead atoms. The summed E-state index contributed by atoms with van der Waals surface area (Å²) >= 11 is 12.7. The minimum atomic E-state index is -0.874. The van der Waals surface area contributed by atoms with Gasteiger partial charge in [-0.15, -0.1) is 0 Å². The SMILES string of the molecule is CC[C@H](Nc1ccc(-n2cc(-c3ccc(Cl)cc3Cl)nc2Cc2ccc(-c3ccc(C(C)(C)C)cc3)cc2)cc1)C(=O)O. The zero-order valence-electron chi connectivity index (χ0n) is 24.7. The van der Waals surface area contributed by atoms with Gasteiger partial charge in [0.1, 0.15) is 11.9 Å². The smallest absolute Gasteiger partial charge is 0.326 e. The van der Waals surface area contributed by atoms with Gasteiger partial charge in [-0.25, -0.2) is 9.78 Å². The van der Waals surface area contributed by atoms with Crippen LogP contribution < -0.4 is 5.32 Å². The topological polar surface area (TPSA) is 67.2 Å². The van der Waals surface area contributed by atoms with Crippen molar-refractivity contribution >= 4 is 34.9 Å².